The Labute approximate surface area is 124 Å². The van der Waals surface area contributed by atoms with Gasteiger partial charge >= 0.3 is 0 Å². The summed E-state index contributed by atoms with van der Waals surface area (Å²) in [6, 6.07) is 6.77. The predicted molar refractivity (Wildman–Crippen MR) is 86.0 cm³/mol. The zero-order valence-electron chi connectivity index (χ0n) is 12.3. The summed E-state index contributed by atoms with van der Waals surface area (Å²) in [6.45, 7) is 7.28. The number of hydrogen-bond acceptors (Lipinski definition) is 4. The Morgan fingerprint density at radius 3 is 2.85 bits per heavy atom. The highest BCUT2D eigenvalue weighted by Gasteiger charge is 2.22. The highest BCUT2D eigenvalue weighted by atomic mass is 32.1. The lowest BCUT2D eigenvalue weighted by molar-refractivity contribution is 0.763. The number of hydrogen-bond donors (Lipinski definition) is 1. The summed E-state index contributed by atoms with van der Waals surface area (Å²) >= 11 is 1.73. The van der Waals surface area contributed by atoms with Crippen LogP contribution >= 0.6 is 11.3 Å². The third-order valence-electron chi connectivity index (χ3n) is 3.82. The van der Waals surface area contributed by atoms with E-state index in [1.807, 2.05) is 6.92 Å². The Morgan fingerprint density at radius 1 is 1.35 bits per heavy atom. The van der Waals surface area contributed by atoms with Crippen molar-refractivity contribution in [1.82, 2.24) is 4.98 Å². The Balaban J connectivity index is 2.02. The first-order chi connectivity index (χ1) is 9.56. The molecule has 1 aliphatic heterocycles. The van der Waals surface area contributed by atoms with Crippen LogP contribution in [0.4, 0.5) is 10.8 Å². The molecule has 0 fully saturated rings. The molecule has 1 aromatic carbocycles. The first kappa shape index (κ1) is 13.6. The van der Waals surface area contributed by atoms with Crippen molar-refractivity contribution in [2.24, 2.45) is 5.73 Å². The van der Waals surface area contributed by atoms with E-state index in [4.69, 9.17) is 10.7 Å². The van der Waals surface area contributed by atoms with Gasteiger partial charge in [-0.05, 0) is 45.2 Å². The number of aromatic nitrogens is 1. The maximum atomic E-state index is 6.02. The zero-order chi connectivity index (χ0) is 14.3. The third-order valence-corrected chi connectivity index (χ3v) is 5.20. The highest BCUT2D eigenvalue weighted by molar-refractivity contribution is 7.15. The van der Waals surface area contributed by atoms with Crippen molar-refractivity contribution < 1.29 is 0 Å². The second kappa shape index (κ2) is 5.19. The van der Waals surface area contributed by atoms with E-state index in [2.05, 4.69) is 36.9 Å². The van der Waals surface area contributed by atoms with Crippen LogP contribution < -0.4 is 10.6 Å². The summed E-state index contributed by atoms with van der Waals surface area (Å²) in [6.07, 6.45) is 2.35. The van der Waals surface area contributed by atoms with E-state index in [1.54, 1.807) is 11.3 Å². The zero-order valence-corrected chi connectivity index (χ0v) is 13.1. The predicted octanol–water partition coefficient (Wildman–Crippen LogP) is 3.86. The average Bonchev–Trinajstić information content (AvgIpc) is 2.79. The molecule has 0 amide bonds. The van der Waals surface area contributed by atoms with Gasteiger partial charge in [0.2, 0.25) is 0 Å². The first-order valence-corrected chi connectivity index (χ1v) is 7.98. The Kier molecular flexibility index (Phi) is 3.52. The van der Waals surface area contributed by atoms with Crippen molar-refractivity contribution in [3.8, 4) is 0 Å². The molecule has 0 radical (unpaired) electrons. The summed E-state index contributed by atoms with van der Waals surface area (Å²) in [7, 11) is 0. The number of nitrogens with two attached hydrogens (primary N) is 1. The monoisotopic (exact) mass is 287 g/mol. The summed E-state index contributed by atoms with van der Waals surface area (Å²) in [4.78, 5) is 8.28. The van der Waals surface area contributed by atoms with Gasteiger partial charge in [-0.25, -0.2) is 4.98 Å². The maximum absolute atomic E-state index is 6.02. The van der Waals surface area contributed by atoms with Crippen LogP contribution in [-0.4, -0.2) is 11.5 Å². The minimum atomic E-state index is 0.0588. The largest absolute Gasteiger partial charge is 0.323 e. The van der Waals surface area contributed by atoms with Crippen LogP contribution in [0.3, 0.4) is 0 Å². The normalized spacial score (nSPS) is 16.1. The number of aryl methyl sites for hydroxylation is 3. The molecule has 0 spiro atoms. The van der Waals surface area contributed by atoms with Gasteiger partial charge in [0.05, 0.1) is 5.69 Å². The van der Waals surface area contributed by atoms with E-state index >= 15 is 0 Å². The molecule has 2 heterocycles. The number of thiazole rings is 1. The van der Waals surface area contributed by atoms with Crippen LogP contribution in [-0.2, 0) is 6.42 Å². The van der Waals surface area contributed by atoms with Crippen LogP contribution in [0.25, 0.3) is 0 Å². The first-order valence-electron chi connectivity index (χ1n) is 7.16. The molecule has 2 aromatic rings. The van der Waals surface area contributed by atoms with E-state index < -0.39 is 0 Å². The van der Waals surface area contributed by atoms with Crippen molar-refractivity contribution in [1.29, 1.82) is 0 Å². The second-order valence-electron chi connectivity index (χ2n) is 5.62. The van der Waals surface area contributed by atoms with Crippen LogP contribution in [0.15, 0.2) is 18.2 Å². The van der Waals surface area contributed by atoms with E-state index in [9.17, 15) is 0 Å². The van der Waals surface area contributed by atoms with Gasteiger partial charge in [-0.1, -0.05) is 29.0 Å². The highest BCUT2D eigenvalue weighted by Crippen LogP contribution is 2.38. The molecular weight excluding hydrogens is 266 g/mol. The molecule has 1 aliphatic rings. The fourth-order valence-corrected chi connectivity index (χ4v) is 3.91. The molecule has 0 aliphatic carbocycles. The fraction of sp³-hybridized carbons (Fsp3) is 0.438. The maximum Gasteiger partial charge on any atom is 0.190 e. The van der Waals surface area contributed by atoms with E-state index in [-0.39, 0.29) is 6.04 Å². The van der Waals surface area contributed by atoms with Gasteiger partial charge < -0.3 is 10.6 Å². The van der Waals surface area contributed by atoms with Gasteiger partial charge in [-0.2, -0.15) is 0 Å². The summed E-state index contributed by atoms with van der Waals surface area (Å²) in [5, 5.41) is 1.08. The molecule has 106 valence electrons. The third kappa shape index (κ3) is 2.34. The molecule has 0 bridgehead atoms. The number of benzene rings is 1. The molecule has 3 nitrogen and oxygen atoms in total. The number of nitrogens with zero attached hydrogens (tertiary/aromatic N) is 2. The van der Waals surface area contributed by atoms with Crippen LogP contribution in [0.5, 0.6) is 0 Å². The minimum Gasteiger partial charge on any atom is -0.323 e. The molecule has 2 N–H and O–H groups in total. The lowest BCUT2D eigenvalue weighted by Crippen LogP contribution is -2.24. The lowest BCUT2D eigenvalue weighted by Gasteiger charge is -2.29. The van der Waals surface area contributed by atoms with Crippen LogP contribution in [0.2, 0.25) is 0 Å². The summed E-state index contributed by atoms with van der Waals surface area (Å²) in [5.41, 5.74) is 11.2. The van der Waals surface area contributed by atoms with Crippen molar-refractivity contribution in [2.45, 2.75) is 39.7 Å². The molecule has 3 rings (SSSR count). The van der Waals surface area contributed by atoms with Gasteiger partial charge in [0, 0.05) is 23.2 Å². The summed E-state index contributed by atoms with van der Waals surface area (Å²) < 4.78 is 0. The van der Waals surface area contributed by atoms with Gasteiger partial charge in [-0.3, -0.25) is 0 Å². The standard InChI is InChI=1S/C16H21N3S/c1-10-6-7-14-13(9-10)5-4-8-19(14)16-18-12(3)15(20-16)11(2)17/h6-7,9,11H,4-5,8,17H2,1-3H3. The molecule has 1 atom stereocenters. The second-order valence-corrected chi connectivity index (χ2v) is 6.63. The number of anilines is 2. The van der Waals surface area contributed by atoms with E-state index in [0.29, 0.717) is 0 Å². The average molecular weight is 287 g/mol. The van der Waals surface area contributed by atoms with Gasteiger partial charge in [-0.15, -0.1) is 0 Å². The quantitative estimate of drug-likeness (QED) is 0.912. The van der Waals surface area contributed by atoms with Crippen LogP contribution in [0, 0.1) is 13.8 Å². The Bertz CT molecular complexity index is 631. The minimum absolute atomic E-state index is 0.0588. The lowest BCUT2D eigenvalue weighted by atomic mass is 10.00. The van der Waals surface area contributed by atoms with Gasteiger partial charge in [0.1, 0.15) is 0 Å². The molecular formula is C16H21N3S. The van der Waals surface area contributed by atoms with Crippen molar-refractivity contribution >= 4 is 22.2 Å². The molecule has 4 heteroatoms. The topological polar surface area (TPSA) is 42.2 Å². The van der Waals surface area contributed by atoms with E-state index in [1.165, 1.54) is 28.1 Å². The summed E-state index contributed by atoms with van der Waals surface area (Å²) in [5.74, 6) is 0. The van der Waals surface area contributed by atoms with Crippen molar-refractivity contribution in [3.63, 3.8) is 0 Å². The Hall–Kier alpha value is -1.39. The molecule has 1 aromatic heterocycles. The molecule has 1 unspecified atom stereocenters. The van der Waals surface area contributed by atoms with Gasteiger partial charge in [0.25, 0.3) is 0 Å². The molecule has 20 heavy (non-hydrogen) atoms. The van der Waals surface area contributed by atoms with Crippen molar-refractivity contribution in [3.05, 3.63) is 39.9 Å². The SMILES string of the molecule is Cc1ccc2c(c1)CCCN2c1nc(C)c(C(C)N)s1. The van der Waals surface area contributed by atoms with Gasteiger partial charge in [0.15, 0.2) is 5.13 Å². The fourth-order valence-electron chi connectivity index (χ4n) is 2.86. The molecule has 0 saturated carbocycles. The van der Waals surface area contributed by atoms with E-state index in [0.717, 1.165) is 23.8 Å². The van der Waals surface area contributed by atoms with Crippen LogP contribution in [0.1, 0.15) is 41.1 Å². The van der Waals surface area contributed by atoms with Crippen molar-refractivity contribution in [2.75, 3.05) is 11.4 Å². The Morgan fingerprint density at radius 2 is 2.15 bits per heavy atom. The molecule has 0 saturated heterocycles. The number of fused-ring (bicyclic) bond motifs is 1. The smallest absolute Gasteiger partial charge is 0.190 e. The number of rotatable bonds is 2.